The molecule has 2 heterocycles. The summed E-state index contributed by atoms with van der Waals surface area (Å²) in [6.45, 7) is 9.14. The number of halogens is 1. The van der Waals surface area contributed by atoms with Gasteiger partial charge in [0.1, 0.15) is 0 Å². The van der Waals surface area contributed by atoms with Crippen molar-refractivity contribution in [3.05, 3.63) is 48.2 Å². The van der Waals surface area contributed by atoms with E-state index in [0.717, 1.165) is 27.2 Å². The Kier molecular flexibility index (Phi) is 8.73. The minimum Gasteiger partial charge on any atom is -0.360 e. The number of aromatic amines is 1. The van der Waals surface area contributed by atoms with Crippen LogP contribution < -0.4 is 15.8 Å². The van der Waals surface area contributed by atoms with Crippen LogP contribution in [0.5, 0.6) is 0 Å². The smallest absolute Gasteiger partial charge is 0.253 e. The molecule has 2 aromatic heterocycles. The van der Waals surface area contributed by atoms with Crippen molar-refractivity contribution >= 4 is 38.2 Å². The number of rotatable bonds is 6. The molecule has 166 valence electrons. The van der Waals surface area contributed by atoms with Gasteiger partial charge in [0, 0.05) is 30.4 Å². The van der Waals surface area contributed by atoms with Crippen molar-refractivity contribution in [1.82, 2.24) is 10.3 Å². The van der Waals surface area contributed by atoms with Crippen molar-refractivity contribution in [3.8, 4) is 0 Å². The van der Waals surface area contributed by atoms with E-state index in [9.17, 15) is 9.59 Å². The molecule has 0 atom stereocenters. The van der Waals surface area contributed by atoms with Crippen molar-refractivity contribution in [1.29, 1.82) is 0 Å². The Labute approximate surface area is 192 Å². The zero-order valence-corrected chi connectivity index (χ0v) is 20.1. The average molecular weight is 497 g/mol. The van der Waals surface area contributed by atoms with Crippen LogP contribution in [0, 0.1) is 20.8 Å². The van der Waals surface area contributed by atoms with Gasteiger partial charge in [-0.15, -0.1) is 11.3 Å². The SMILES string of the molecule is C.CCN(c1sc(Br)c(C(=O)NCc2c(C)cc(C)[nH]c2=O)c1C)C1CCCCC1. The third-order valence-electron chi connectivity index (χ3n) is 5.84. The van der Waals surface area contributed by atoms with Gasteiger partial charge in [-0.25, -0.2) is 0 Å². The minimum absolute atomic E-state index is 0. The molecule has 0 radical (unpaired) electrons. The van der Waals surface area contributed by atoms with Crippen LogP contribution in [-0.2, 0) is 6.54 Å². The van der Waals surface area contributed by atoms with E-state index < -0.39 is 0 Å². The van der Waals surface area contributed by atoms with E-state index in [0.29, 0.717) is 17.2 Å². The second-order valence-corrected chi connectivity index (χ2v) is 10.2. The number of amides is 1. The second-order valence-electron chi connectivity index (χ2n) is 7.88. The third kappa shape index (κ3) is 5.17. The molecule has 2 aromatic rings. The van der Waals surface area contributed by atoms with Crippen molar-refractivity contribution in [2.24, 2.45) is 0 Å². The van der Waals surface area contributed by atoms with Gasteiger partial charge < -0.3 is 15.2 Å². The van der Waals surface area contributed by atoms with Gasteiger partial charge in [0.2, 0.25) is 0 Å². The lowest BCUT2D eigenvalue weighted by atomic mass is 9.94. The van der Waals surface area contributed by atoms with Crippen LogP contribution in [0.25, 0.3) is 0 Å². The highest BCUT2D eigenvalue weighted by atomic mass is 79.9. The number of thiophene rings is 1. The van der Waals surface area contributed by atoms with E-state index in [1.165, 1.54) is 37.1 Å². The molecular formula is C23H34BrN3O2S. The fraction of sp³-hybridized carbons (Fsp3) is 0.565. The molecular weight excluding hydrogens is 462 g/mol. The molecule has 0 unspecified atom stereocenters. The standard InChI is InChI=1S/C22H30BrN3O2S.CH4/c1-5-26(16-9-7-6-8-10-16)22-15(4)18(19(23)29-22)21(28)24-12-17-13(2)11-14(3)25-20(17)27;/h11,16H,5-10,12H2,1-4H3,(H,24,28)(H,25,27);1H4. The zero-order chi connectivity index (χ0) is 21.1. The molecule has 1 amide bonds. The Morgan fingerprint density at radius 2 is 1.93 bits per heavy atom. The Bertz CT molecular complexity index is 945. The molecule has 1 aliphatic rings. The van der Waals surface area contributed by atoms with Crippen LogP contribution in [0.1, 0.15) is 79.2 Å². The first kappa shape index (κ1) is 24.7. The number of carbonyl (C=O) groups is 1. The number of pyridine rings is 1. The van der Waals surface area contributed by atoms with Crippen LogP contribution in [0.4, 0.5) is 5.00 Å². The molecule has 1 saturated carbocycles. The lowest BCUT2D eigenvalue weighted by Crippen LogP contribution is -2.36. The van der Waals surface area contributed by atoms with Crippen LogP contribution in [0.15, 0.2) is 14.6 Å². The fourth-order valence-corrected chi connectivity index (χ4v) is 6.42. The number of anilines is 1. The summed E-state index contributed by atoms with van der Waals surface area (Å²) in [6.07, 6.45) is 6.33. The van der Waals surface area contributed by atoms with E-state index in [2.05, 4.69) is 38.1 Å². The predicted octanol–water partition coefficient (Wildman–Crippen LogP) is 5.85. The van der Waals surface area contributed by atoms with Crippen molar-refractivity contribution in [2.75, 3.05) is 11.4 Å². The highest BCUT2D eigenvalue weighted by Gasteiger charge is 2.27. The summed E-state index contributed by atoms with van der Waals surface area (Å²) in [4.78, 5) is 30.5. The van der Waals surface area contributed by atoms with E-state index in [1.54, 1.807) is 11.3 Å². The fourth-order valence-electron chi connectivity index (χ4n) is 4.32. The molecule has 1 fully saturated rings. The summed E-state index contributed by atoms with van der Waals surface area (Å²) >= 11 is 5.26. The Morgan fingerprint density at radius 1 is 1.27 bits per heavy atom. The monoisotopic (exact) mass is 495 g/mol. The number of aromatic nitrogens is 1. The van der Waals surface area contributed by atoms with Gasteiger partial charge in [-0.05, 0) is 73.7 Å². The van der Waals surface area contributed by atoms with Crippen LogP contribution in [0.2, 0.25) is 0 Å². The van der Waals surface area contributed by atoms with Gasteiger partial charge >= 0.3 is 0 Å². The molecule has 0 saturated heterocycles. The molecule has 0 aromatic carbocycles. The van der Waals surface area contributed by atoms with E-state index in [1.807, 2.05) is 26.8 Å². The lowest BCUT2D eigenvalue weighted by Gasteiger charge is -2.35. The number of aryl methyl sites for hydroxylation is 2. The number of hydrogen-bond acceptors (Lipinski definition) is 4. The van der Waals surface area contributed by atoms with Crippen molar-refractivity contribution in [3.63, 3.8) is 0 Å². The van der Waals surface area contributed by atoms with E-state index in [-0.39, 0.29) is 25.4 Å². The molecule has 1 aliphatic carbocycles. The number of nitrogens with one attached hydrogen (secondary N) is 2. The highest BCUT2D eigenvalue weighted by Crippen LogP contribution is 2.41. The van der Waals surface area contributed by atoms with Gasteiger partial charge in [0.15, 0.2) is 0 Å². The highest BCUT2D eigenvalue weighted by molar-refractivity contribution is 9.11. The topological polar surface area (TPSA) is 65.2 Å². The number of hydrogen-bond donors (Lipinski definition) is 2. The third-order valence-corrected chi connectivity index (χ3v) is 7.84. The molecule has 3 rings (SSSR count). The number of H-pyrrole nitrogens is 1. The summed E-state index contributed by atoms with van der Waals surface area (Å²) in [5.74, 6) is -0.143. The Hall–Kier alpha value is -1.60. The Balaban J connectivity index is 0.00000320. The van der Waals surface area contributed by atoms with Gasteiger partial charge in [-0.2, -0.15) is 0 Å². The molecule has 0 aliphatic heterocycles. The number of carbonyl (C=O) groups excluding carboxylic acids is 1. The van der Waals surface area contributed by atoms with Gasteiger partial charge in [-0.3, -0.25) is 9.59 Å². The largest absolute Gasteiger partial charge is 0.360 e. The second kappa shape index (κ2) is 10.6. The molecule has 0 spiro atoms. The maximum absolute atomic E-state index is 13.0. The van der Waals surface area contributed by atoms with Gasteiger partial charge in [0.25, 0.3) is 11.5 Å². The maximum atomic E-state index is 13.0. The van der Waals surface area contributed by atoms with Gasteiger partial charge in [0.05, 0.1) is 14.4 Å². The van der Waals surface area contributed by atoms with Crippen molar-refractivity contribution < 1.29 is 4.79 Å². The first-order chi connectivity index (χ1) is 13.8. The summed E-state index contributed by atoms with van der Waals surface area (Å²) in [6, 6.07) is 2.48. The predicted molar refractivity (Wildman–Crippen MR) is 131 cm³/mol. The summed E-state index contributed by atoms with van der Waals surface area (Å²) < 4.78 is 0.853. The first-order valence-corrected chi connectivity index (χ1v) is 12.0. The van der Waals surface area contributed by atoms with Crippen LogP contribution in [0.3, 0.4) is 0 Å². The summed E-state index contributed by atoms with van der Waals surface area (Å²) in [7, 11) is 0. The number of nitrogens with zero attached hydrogens (tertiary/aromatic N) is 1. The first-order valence-electron chi connectivity index (χ1n) is 10.4. The van der Waals surface area contributed by atoms with E-state index in [4.69, 9.17) is 0 Å². The van der Waals surface area contributed by atoms with Crippen LogP contribution >= 0.6 is 27.3 Å². The molecule has 0 bridgehead atoms. The maximum Gasteiger partial charge on any atom is 0.253 e. The summed E-state index contributed by atoms with van der Waals surface area (Å²) in [5, 5.41) is 4.13. The van der Waals surface area contributed by atoms with Crippen molar-refractivity contribution in [2.45, 2.75) is 79.8 Å². The van der Waals surface area contributed by atoms with Crippen LogP contribution in [-0.4, -0.2) is 23.5 Å². The Morgan fingerprint density at radius 3 is 2.53 bits per heavy atom. The lowest BCUT2D eigenvalue weighted by molar-refractivity contribution is 0.0950. The molecule has 2 N–H and O–H groups in total. The average Bonchev–Trinajstić information content (AvgIpc) is 2.96. The van der Waals surface area contributed by atoms with E-state index >= 15 is 0 Å². The quantitative estimate of drug-likeness (QED) is 0.528. The zero-order valence-electron chi connectivity index (χ0n) is 17.7. The molecule has 5 nitrogen and oxygen atoms in total. The molecule has 7 heteroatoms. The van der Waals surface area contributed by atoms with Gasteiger partial charge in [-0.1, -0.05) is 26.7 Å². The summed E-state index contributed by atoms with van der Waals surface area (Å²) in [5.41, 5.74) is 3.88. The normalized spacial score (nSPS) is 14.3. The molecule has 30 heavy (non-hydrogen) atoms. The minimum atomic E-state index is -0.143.